The zero-order chi connectivity index (χ0) is 21.9. The molecule has 0 fully saturated rings. The van der Waals surface area contributed by atoms with Crippen molar-refractivity contribution in [1.82, 2.24) is 5.32 Å². The number of rotatable bonds is 7. The molecule has 0 radical (unpaired) electrons. The van der Waals surface area contributed by atoms with Gasteiger partial charge in [0.1, 0.15) is 5.75 Å². The number of hydrogen-bond donors (Lipinski definition) is 1. The van der Waals surface area contributed by atoms with E-state index in [2.05, 4.69) is 5.32 Å². The highest BCUT2D eigenvalue weighted by Gasteiger charge is 2.30. The van der Waals surface area contributed by atoms with Crippen LogP contribution in [0.5, 0.6) is 5.75 Å². The monoisotopic (exact) mass is 430 g/mol. The summed E-state index contributed by atoms with van der Waals surface area (Å²) < 4.78 is 30.7. The summed E-state index contributed by atoms with van der Waals surface area (Å²) in [7, 11) is -2.06. The molecule has 30 heavy (non-hydrogen) atoms. The first kappa shape index (κ1) is 21.8. The molecule has 7 nitrogen and oxygen atoms in total. The summed E-state index contributed by atoms with van der Waals surface area (Å²) in [6.07, 6.45) is 0.474. The van der Waals surface area contributed by atoms with Crippen LogP contribution in [0.2, 0.25) is 0 Å². The van der Waals surface area contributed by atoms with Crippen molar-refractivity contribution in [2.45, 2.75) is 44.2 Å². The van der Waals surface area contributed by atoms with Gasteiger partial charge in [-0.15, -0.1) is 0 Å². The highest BCUT2D eigenvalue weighted by atomic mass is 32.2. The quantitative estimate of drug-likeness (QED) is 0.729. The molecule has 0 saturated heterocycles. The van der Waals surface area contributed by atoms with Gasteiger partial charge in [-0.05, 0) is 43.2 Å². The zero-order valence-corrected chi connectivity index (χ0v) is 18.2. The minimum Gasteiger partial charge on any atom is -0.496 e. The third-order valence-corrected chi connectivity index (χ3v) is 6.95. The van der Waals surface area contributed by atoms with Crippen LogP contribution in [0.15, 0.2) is 47.4 Å². The average Bonchev–Trinajstić information content (AvgIpc) is 3.06. The second kappa shape index (κ2) is 8.87. The molecule has 0 aliphatic carbocycles. The van der Waals surface area contributed by atoms with Crippen LogP contribution < -0.4 is 15.0 Å². The van der Waals surface area contributed by atoms with Crippen LogP contribution in [0.1, 0.15) is 31.4 Å². The number of methoxy groups -OCH3 is 1. The Bertz CT molecular complexity index is 1060. The maximum absolute atomic E-state index is 12.7. The summed E-state index contributed by atoms with van der Waals surface area (Å²) >= 11 is 0. The van der Waals surface area contributed by atoms with E-state index in [9.17, 15) is 18.0 Å². The number of carbonyl (C=O) groups is 2. The molecule has 160 valence electrons. The second-order valence-electron chi connectivity index (χ2n) is 7.39. The van der Waals surface area contributed by atoms with Gasteiger partial charge < -0.3 is 15.0 Å². The van der Waals surface area contributed by atoms with Crippen molar-refractivity contribution in [2.24, 2.45) is 0 Å². The molecule has 8 heteroatoms. The first-order chi connectivity index (χ1) is 14.2. The van der Waals surface area contributed by atoms with Crippen LogP contribution in [-0.2, 0) is 32.4 Å². The molecule has 2 amide bonds. The summed E-state index contributed by atoms with van der Waals surface area (Å²) in [6.45, 7) is 3.70. The van der Waals surface area contributed by atoms with E-state index in [0.29, 0.717) is 12.2 Å². The standard InChI is InChI=1S/C22H26N2O5S/c1-15-12-18-13-19(8-9-20(18)24(15)16(2)25)30(27,28)11-10-22(26)23-14-17-6-4-5-7-21(17)29-3/h4-9,13,15H,10-12,14H2,1-3H3,(H,23,26)/t15-/m1/s1. The molecule has 2 aromatic rings. The van der Waals surface area contributed by atoms with Crippen LogP contribution in [0.3, 0.4) is 0 Å². The third-order valence-electron chi connectivity index (χ3n) is 5.23. The van der Waals surface area contributed by atoms with Crippen molar-refractivity contribution in [3.63, 3.8) is 0 Å². The van der Waals surface area contributed by atoms with Crippen molar-refractivity contribution in [3.05, 3.63) is 53.6 Å². The number of fused-ring (bicyclic) bond motifs is 1. The van der Waals surface area contributed by atoms with Gasteiger partial charge in [-0.2, -0.15) is 0 Å². The summed E-state index contributed by atoms with van der Waals surface area (Å²) in [5.41, 5.74) is 2.40. The Balaban J connectivity index is 1.62. The largest absolute Gasteiger partial charge is 0.496 e. The van der Waals surface area contributed by atoms with Gasteiger partial charge in [0, 0.05) is 37.2 Å². The van der Waals surface area contributed by atoms with Crippen LogP contribution in [0.4, 0.5) is 5.69 Å². The van der Waals surface area contributed by atoms with E-state index >= 15 is 0 Å². The van der Waals surface area contributed by atoms with Gasteiger partial charge in [0.15, 0.2) is 9.84 Å². The Labute approximate surface area is 177 Å². The molecule has 3 rings (SSSR count). The molecule has 1 aliphatic heterocycles. The van der Waals surface area contributed by atoms with E-state index in [0.717, 1.165) is 16.8 Å². The van der Waals surface area contributed by atoms with Crippen molar-refractivity contribution >= 4 is 27.3 Å². The topological polar surface area (TPSA) is 92.8 Å². The average molecular weight is 431 g/mol. The van der Waals surface area contributed by atoms with Gasteiger partial charge in [-0.3, -0.25) is 9.59 Å². The SMILES string of the molecule is COc1ccccc1CNC(=O)CCS(=O)(=O)c1ccc2c(c1)C[C@@H](C)N2C(C)=O. The summed E-state index contributed by atoms with van der Waals surface area (Å²) in [5.74, 6) is -0.0295. The molecule has 0 saturated carbocycles. The Morgan fingerprint density at radius 1 is 1.20 bits per heavy atom. The third kappa shape index (κ3) is 4.64. The van der Waals surface area contributed by atoms with Gasteiger partial charge in [0.05, 0.1) is 17.8 Å². The molecular weight excluding hydrogens is 404 g/mol. The van der Waals surface area contributed by atoms with E-state index in [1.807, 2.05) is 25.1 Å². The molecule has 0 bridgehead atoms. The lowest BCUT2D eigenvalue weighted by molar-refractivity contribution is -0.121. The number of benzene rings is 2. The van der Waals surface area contributed by atoms with Crippen molar-refractivity contribution in [1.29, 1.82) is 0 Å². The highest BCUT2D eigenvalue weighted by molar-refractivity contribution is 7.91. The number of hydrogen-bond acceptors (Lipinski definition) is 5. The molecule has 1 N–H and O–H groups in total. The number of nitrogens with one attached hydrogen (secondary N) is 1. The molecule has 2 aromatic carbocycles. The van der Waals surface area contributed by atoms with Crippen molar-refractivity contribution in [2.75, 3.05) is 17.8 Å². The lowest BCUT2D eigenvalue weighted by Gasteiger charge is -2.20. The summed E-state index contributed by atoms with van der Waals surface area (Å²) in [6, 6.07) is 12.1. The fourth-order valence-electron chi connectivity index (χ4n) is 3.76. The molecule has 0 spiro atoms. The first-order valence-corrected chi connectivity index (χ1v) is 11.4. The first-order valence-electron chi connectivity index (χ1n) is 9.77. The summed E-state index contributed by atoms with van der Waals surface area (Å²) in [4.78, 5) is 25.9. The van der Waals surface area contributed by atoms with E-state index in [1.54, 1.807) is 30.2 Å². The zero-order valence-electron chi connectivity index (χ0n) is 17.3. The van der Waals surface area contributed by atoms with E-state index in [1.165, 1.54) is 13.0 Å². The van der Waals surface area contributed by atoms with E-state index in [4.69, 9.17) is 4.74 Å². The van der Waals surface area contributed by atoms with E-state index in [-0.39, 0.29) is 41.5 Å². The van der Waals surface area contributed by atoms with Crippen LogP contribution in [-0.4, -0.2) is 39.1 Å². The van der Waals surface area contributed by atoms with Gasteiger partial charge >= 0.3 is 0 Å². The van der Waals surface area contributed by atoms with Gasteiger partial charge in [0.25, 0.3) is 0 Å². The number of carbonyl (C=O) groups excluding carboxylic acids is 2. The maximum Gasteiger partial charge on any atom is 0.224 e. The maximum atomic E-state index is 12.7. The lowest BCUT2D eigenvalue weighted by atomic mass is 10.1. The predicted molar refractivity (Wildman–Crippen MR) is 114 cm³/mol. The predicted octanol–water partition coefficient (Wildman–Crippen LogP) is 2.47. The fraction of sp³-hybridized carbons (Fsp3) is 0.364. The van der Waals surface area contributed by atoms with Crippen molar-refractivity contribution in [3.8, 4) is 5.75 Å². The molecule has 0 aromatic heterocycles. The van der Waals surface area contributed by atoms with Crippen LogP contribution >= 0.6 is 0 Å². The molecule has 0 unspecified atom stereocenters. The normalized spacial score (nSPS) is 15.6. The fourth-order valence-corrected chi connectivity index (χ4v) is 5.04. The Morgan fingerprint density at radius 3 is 2.63 bits per heavy atom. The Morgan fingerprint density at radius 2 is 1.93 bits per heavy atom. The van der Waals surface area contributed by atoms with E-state index < -0.39 is 9.84 Å². The minimum atomic E-state index is -3.62. The number of para-hydroxylation sites is 1. The van der Waals surface area contributed by atoms with Gasteiger partial charge in [-0.25, -0.2) is 8.42 Å². The van der Waals surface area contributed by atoms with Crippen LogP contribution in [0.25, 0.3) is 0 Å². The number of anilines is 1. The van der Waals surface area contributed by atoms with Gasteiger partial charge in [-0.1, -0.05) is 18.2 Å². The molecule has 1 aliphatic rings. The number of ether oxygens (including phenoxy) is 1. The minimum absolute atomic E-state index is 0.00351. The molecule has 1 atom stereocenters. The highest BCUT2D eigenvalue weighted by Crippen LogP contribution is 2.34. The van der Waals surface area contributed by atoms with Crippen molar-refractivity contribution < 1.29 is 22.7 Å². The molecular formula is C22H26N2O5S. The van der Waals surface area contributed by atoms with Gasteiger partial charge in [0.2, 0.25) is 11.8 Å². The number of nitrogens with zero attached hydrogens (tertiary/aromatic N) is 1. The smallest absolute Gasteiger partial charge is 0.224 e. The van der Waals surface area contributed by atoms with Crippen LogP contribution in [0, 0.1) is 0 Å². The Kier molecular flexibility index (Phi) is 6.45. The molecule has 1 heterocycles. The lowest BCUT2D eigenvalue weighted by Crippen LogP contribution is -2.33. The summed E-state index contributed by atoms with van der Waals surface area (Å²) in [5, 5.41) is 2.74. The number of amides is 2. The second-order valence-corrected chi connectivity index (χ2v) is 9.50. The Hall–Kier alpha value is -2.87. The number of sulfone groups is 1.